The topological polar surface area (TPSA) is 108 Å². The number of alkyl halides is 3. The van der Waals surface area contributed by atoms with E-state index in [-0.39, 0.29) is 22.9 Å². The number of esters is 1. The molecule has 0 bridgehead atoms. The van der Waals surface area contributed by atoms with Crippen molar-refractivity contribution in [1.82, 2.24) is 14.8 Å². The van der Waals surface area contributed by atoms with Crippen LogP contribution in [-0.2, 0) is 28.7 Å². The number of hydrogen-bond acceptors (Lipinski definition) is 6. The lowest BCUT2D eigenvalue weighted by Gasteiger charge is -2.36. The number of carbonyl (C=O) groups excluding carboxylic acids is 1. The van der Waals surface area contributed by atoms with Crippen molar-refractivity contribution in [3.8, 4) is 6.07 Å². The first-order valence-electron chi connectivity index (χ1n) is 12.5. The minimum absolute atomic E-state index is 0.00257. The number of pyridine rings is 1. The molecule has 5 rings (SSSR count). The van der Waals surface area contributed by atoms with Crippen LogP contribution in [0.2, 0.25) is 0 Å². The lowest BCUT2D eigenvalue weighted by Crippen LogP contribution is -2.38. The second kappa shape index (κ2) is 10.8. The van der Waals surface area contributed by atoms with Gasteiger partial charge in [-0.15, -0.1) is 5.10 Å². The molecule has 208 valence electrons. The smallest absolute Gasteiger partial charge is 0.416 e. The lowest BCUT2D eigenvalue weighted by molar-refractivity contribution is -0.696. The van der Waals surface area contributed by atoms with E-state index in [2.05, 4.69) is 16.3 Å². The van der Waals surface area contributed by atoms with E-state index in [9.17, 15) is 28.0 Å². The molecule has 1 atom stereocenters. The maximum atomic E-state index is 13.6. The molecule has 12 heteroatoms. The normalized spacial score (nSPS) is 14.9. The second-order valence-electron chi connectivity index (χ2n) is 9.36. The number of benzene rings is 2. The van der Waals surface area contributed by atoms with Crippen molar-refractivity contribution in [2.24, 2.45) is 0 Å². The van der Waals surface area contributed by atoms with Crippen LogP contribution >= 0.6 is 0 Å². The first-order chi connectivity index (χ1) is 19.6. The molecule has 2 aromatic heterocycles. The number of rotatable bonds is 6. The van der Waals surface area contributed by atoms with Crippen molar-refractivity contribution < 1.29 is 27.3 Å². The number of nitrogens with one attached hydrogen (secondary N) is 1. The Morgan fingerprint density at radius 2 is 1.90 bits per heavy atom. The van der Waals surface area contributed by atoms with Crippen LogP contribution in [0.4, 0.5) is 24.8 Å². The van der Waals surface area contributed by atoms with Gasteiger partial charge in [0.2, 0.25) is 5.95 Å². The molecule has 0 fully saturated rings. The standard InChI is InChI=1S/C29H23F3N6O3/c1-18-24(26(39)41-2)25(23-10-9-19(17-33)15-20(23)11-14-36-12-4-3-5-13-36)38-27(34-35-28(38)40)37(18)22-8-6-7-21(16-22)29(30,31)32/h3-10,12-13,15-16,25H,11,14H2,1-2H3/p+1/t25-/m1/s1. The largest absolute Gasteiger partial charge is 0.466 e. The van der Waals surface area contributed by atoms with Crippen molar-refractivity contribution in [2.45, 2.75) is 32.1 Å². The fraction of sp³-hybridized carbons (Fsp3) is 0.207. The Morgan fingerprint density at radius 3 is 2.59 bits per heavy atom. The molecule has 1 aliphatic rings. The highest BCUT2D eigenvalue weighted by atomic mass is 19.4. The Morgan fingerprint density at radius 1 is 1.15 bits per heavy atom. The van der Waals surface area contributed by atoms with Crippen LogP contribution in [0.25, 0.3) is 0 Å². The number of anilines is 2. The maximum Gasteiger partial charge on any atom is 0.416 e. The van der Waals surface area contributed by atoms with Crippen LogP contribution in [0, 0.1) is 11.3 Å². The summed E-state index contributed by atoms with van der Waals surface area (Å²) in [5, 5.41) is 16.1. The summed E-state index contributed by atoms with van der Waals surface area (Å²) in [6.07, 6.45) is -0.382. The number of aryl methyl sites for hydroxylation is 2. The van der Waals surface area contributed by atoms with Gasteiger partial charge in [-0.25, -0.2) is 23.8 Å². The molecular weight excluding hydrogens is 537 g/mol. The number of aromatic nitrogens is 4. The van der Waals surface area contributed by atoms with Crippen molar-refractivity contribution in [1.29, 1.82) is 5.26 Å². The van der Waals surface area contributed by atoms with Crippen LogP contribution in [0.1, 0.15) is 35.2 Å². The van der Waals surface area contributed by atoms with Crippen molar-refractivity contribution in [2.75, 3.05) is 12.0 Å². The third kappa shape index (κ3) is 5.09. The van der Waals surface area contributed by atoms with Crippen molar-refractivity contribution in [3.05, 3.63) is 117 Å². The molecule has 3 heterocycles. The number of aromatic amines is 1. The van der Waals surface area contributed by atoms with Crippen LogP contribution in [-0.4, -0.2) is 27.8 Å². The van der Waals surface area contributed by atoms with Gasteiger partial charge in [0, 0.05) is 29.9 Å². The second-order valence-corrected chi connectivity index (χ2v) is 9.36. The Bertz CT molecular complexity index is 1750. The van der Waals surface area contributed by atoms with E-state index >= 15 is 0 Å². The minimum Gasteiger partial charge on any atom is -0.466 e. The zero-order chi connectivity index (χ0) is 29.3. The summed E-state index contributed by atoms with van der Waals surface area (Å²) in [5.41, 5.74) is 0.395. The van der Waals surface area contributed by atoms with Crippen LogP contribution < -0.4 is 15.2 Å². The molecule has 1 aliphatic heterocycles. The molecule has 41 heavy (non-hydrogen) atoms. The molecule has 9 nitrogen and oxygen atoms in total. The first kappa shape index (κ1) is 27.4. The summed E-state index contributed by atoms with van der Waals surface area (Å²) >= 11 is 0. The van der Waals surface area contributed by atoms with Gasteiger partial charge >= 0.3 is 17.8 Å². The molecular formula is C29H24F3N6O3+. The third-order valence-corrected chi connectivity index (χ3v) is 6.96. The summed E-state index contributed by atoms with van der Waals surface area (Å²) in [5.74, 6) is -0.770. The highest BCUT2D eigenvalue weighted by Gasteiger charge is 2.41. The number of carbonyl (C=O) groups is 1. The van der Waals surface area contributed by atoms with Gasteiger partial charge in [-0.3, -0.25) is 4.90 Å². The average Bonchev–Trinajstić information content (AvgIpc) is 3.35. The van der Waals surface area contributed by atoms with E-state index in [0.717, 1.165) is 12.1 Å². The Balaban J connectivity index is 1.72. The van der Waals surface area contributed by atoms with Gasteiger partial charge in [0.05, 0.1) is 29.9 Å². The van der Waals surface area contributed by atoms with E-state index in [1.54, 1.807) is 25.1 Å². The fourth-order valence-electron chi connectivity index (χ4n) is 5.07. The predicted octanol–water partition coefficient (Wildman–Crippen LogP) is 4.18. The Hall–Kier alpha value is -5.18. The van der Waals surface area contributed by atoms with Gasteiger partial charge in [0.15, 0.2) is 18.9 Å². The number of nitriles is 1. The number of halogens is 3. The molecule has 0 aliphatic carbocycles. The quantitative estimate of drug-likeness (QED) is 0.280. The zero-order valence-electron chi connectivity index (χ0n) is 22.0. The maximum absolute atomic E-state index is 13.6. The zero-order valence-corrected chi connectivity index (χ0v) is 22.0. The summed E-state index contributed by atoms with van der Waals surface area (Å²) in [4.78, 5) is 27.9. The van der Waals surface area contributed by atoms with Gasteiger partial charge in [-0.2, -0.15) is 18.4 Å². The van der Waals surface area contributed by atoms with Crippen LogP contribution in [0.5, 0.6) is 0 Å². The highest BCUT2D eigenvalue weighted by molar-refractivity contribution is 5.93. The van der Waals surface area contributed by atoms with E-state index < -0.39 is 29.4 Å². The SMILES string of the molecule is COC(=O)C1=C(C)N(c2cccc(C(F)(F)F)c2)c2n[nH]c(=O)n2[C@@H]1c1ccc(C#N)cc1CC[n+]1ccccc1. The fourth-order valence-corrected chi connectivity index (χ4v) is 5.07. The van der Waals surface area contributed by atoms with Gasteiger partial charge < -0.3 is 4.74 Å². The van der Waals surface area contributed by atoms with E-state index in [4.69, 9.17) is 4.74 Å². The van der Waals surface area contributed by atoms with Crippen molar-refractivity contribution in [3.63, 3.8) is 0 Å². The number of fused-ring (bicyclic) bond motifs is 1. The highest BCUT2D eigenvalue weighted by Crippen LogP contribution is 2.43. The molecule has 0 unspecified atom stereocenters. The van der Waals surface area contributed by atoms with Gasteiger partial charge in [-0.1, -0.05) is 18.2 Å². The van der Waals surface area contributed by atoms with Crippen molar-refractivity contribution >= 4 is 17.6 Å². The van der Waals surface area contributed by atoms with E-state index in [1.165, 1.54) is 28.7 Å². The monoisotopic (exact) mass is 561 g/mol. The predicted molar refractivity (Wildman–Crippen MR) is 141 cm³/mol. The van der Waals surface area contributed by atoms with Gasteiger partial charge in [0.1, 0.15) is 6.04 Å². The molecule has 0 saturated carbocycles. The number of methoxy groups -OCH3 is 1. The van der Waals surface area contributed by atoms with Gasteiger partial charge in [-0.05, 0) is 48.4 Å². The Labute approximate surface area is 232 Å². The molecule has 0 saturated heterocycles. The summed E-state index contributed by atoms with van der Waals surface area (Å²) in [7, 11) is 1.19. The number of ether oxygens (including phenoxy) is 1. The molecule has 2 aromatic carbocycles. The van der Waals surface area contributed by atoms with Crippen LogP contribution in [0.15, 0.2) is 89.1 Å². The number of nitrogens with zero attached hydrogens (tertiary/aromatic N) is 5. The van der Waals surface area contributed by atoms with E-state index in [0.29, 0.717) is 29.7 Å². The molecule has 0 spiro atoms. The molecule has 4 aromatic rings. The molecule has 1 N–H and O–H groups in total. The number of hydrogen-bond donors (Lipinski definition) is 1. The minimum atomic E-state index is -4.61. The molecule has 0 amide bonds. The lowest BCUT2D eigenvalue weighted by atomic mass is 9.89. The van der Waals surface area contributed by atoms with E-state index in [1.807, 2.05) is 35.2 Å². The van der Waals surface area contributed by atoms with Crippen LogP contribution in [0.3, 0.4) is 0 Å². The summed E-state index contributed by atoms with van der Waals surface area (Å²) in [6.45, 7) is 2.10. The first-order valence-corrected chi connectivity index (χ1v) is 12.5. The summed E-state index contributed by atoms with van der Waals surface area (Å²) < 4.78 is 49.0. The molecule has 0 radical (unpaired) electrons. The Kier molecular flexibility index (Phi) is 7.19. The van der Waals surface area contributed by atoms with Gasteiger partial charge in [0.25, 0.3) is 0 Å². The summed E-state index contributed by atoms with van der Waals surface area (Å²) in [6, 6.07) is 16.2. The average molecular weight is 562 g/mol. The number of H-pyrrole nitrogens is 1. The third-order valence-electron chi connectivity index (χ3n) is 6.96. The number of allylic oxidation sites excluding steroid dienone is 1.